The number of hydrogen-bond acceptors (Lipinski definition) is 3. The fourth-order valence-corrected chi connectivity index (χ4v) is 3.32. The van der Waals surface area contributed by atoms with Gasteiger partial charge in [0.05, 0.1) is 0 Å². The highest BCUT2D eigenvalue weighted by Gasteiger charge is 2.10. The van der Waals surface area contributed by atoms with E-state index in [1.165, 1.54) is 10.1 Å². The van der Waals surface area contributed by atoms with Crippen LogP contribution in [0.25, 0.3) is 26.5 Å². The predicted molar refractivity (Wildman–Crippen MR) is 84.7 cm³/mol. The van der Waals surface area contributed by atoms with Crippen LogP contribution in [0.3, 0.4) is 0 Å². The zero-order valence-electron chi connectivity index (χ0n) is 10.6. The molecular formula is C16H12N2OS. The summed E-state index contributed by atoms with van der Waals surface area (Å²) >= 11 is 1.70. The summed E-state index contributed by atoms with van der Waals surface area (Å²) in [5, 5.41) is 15.4. The van der Waals surface area contributed by atoms with E-state index >= 15 is 0 Å². The summed E-state index contributed by atoms with van der Waals surface area (Å²) in [5.74, 6) is 0.225. The highest BCUT2D eigenvalue weighted by molar-refractivity contribution is 7.17. The van der Waals surface area contributed by atoms with Crippen molar-refractivity contribution >= 4 is 37.9 Å². The molecule has 20 heavy (non-hydrogen) atoms. The highest BCUT2D eigenvalue weighted by atomic mass is 32.1. The summed E-state index contributed by atoms with van der Waals surface area (Å²) in [6.45, 7) is 0. The fourth-order valence-electron chi connectivity index (χ4n) is 2.50. The second-order valence-electron chi connectivity index (χ2n) is 4.81. The maximum atomic E-state index is 10.4. The smallest absolute Gasteiger partial charge is 0.203 e. The van der Waals surface area contributed by atoms with E-state index in [-0.39, 0.29) is 5.88 Å². The monoisotopic (exact) mass is 280 g/mol. The van der Waals surface area contributed by atoms with E-state index in [0.717, 1.165) is 16.5 Å². The zero-order valence-corrected chi connectivity index (χ0v) is 11.4. The Morgan fingerprint density at radius 3 is 2.75 bits per heavy atom. The van der Waals surface area contributed by atoms with Crippen molar-refractivity contribution in [3.05, 3.63) is 54.0 Å². The van der Waals surface area contributed by atoms with Gasteiger partial charge in [-0.2, -0.15) is 0 Å². The van der Waals surface area contributed by atoms with Gasteiger partial charge in [0.15, 0.2) is 0 Å². The van der Waals surface area contributed by atoms with Gasteiger partial charge >= 0.3 is 0 Å². The van der Waals surface area contributed by atoms with Gasteiger partial charge in [0.25, 0.3) is 0 Å². The molecule has 2 heterocycles. The van der Waals surface area contributed by atoms with Crippen LogP contribution in [0.4, 0.5) is 5.69 Å². The molecule has 0 fully saturated rings. The zero-order chi connectivity index (χ0) is 13.7. The first-order valence-electron chi connectivity index (χ1n) is 6.29. The molecule has 3 N–H and O–H groups in total. The van der Waals surface area contributed by atoms with Crippen LogP contribution in [0.15, 0.2) is 54.0 Å². The molecule has 3 nitrogen and oxygen atoms in total. The summed E-state index contributed by atoms with van der Waals surface area (Å²) in [4.78, 5) is 0. The van der Waals surface area contributed by atoms with Gasteiger partial charge in [-0.05, 0) is 41.1 Å². The van der Waals surface area contributed by atoms with Crippen molar-refractivity contribution in [1.29, 1.82) is 0 Å². The molecule has 0 aliphatic heterocycles. The number of hydrogen-bond donors (Lipinski definition) is 2. The first kappa shape index (κ1) is 11.4. The summed E-state index contributed by atoms with van der Waals surface area (Å²) in [6.07, 6.45) is 1.93. The molecule has 4 heteroatoms. The molecule has 2 aromatic carbocycles. The van der Waals surface area contributed by atoms with E-state index in [4.69, 9.17) is 5.73 Å². The summed E-state index contributed by atoms with van der Waals surface area (Å²) in [7, 11) is 0. The lowest BCUT2D eigenvalue weighted by molar-refractivity contribution is 0.448. The number of nitrogen functional groups attached to an aromatic ring is 1. The number of benzene rings is 2. The van der Waals surface area contributed by atoms with Crippen LogP contribution in [-0.2, 0) is 0 Å². The van der Waals surface area contributed by atoms with Crippen molar-refractivity contribution in [3.63, 3.8) is 0 Å². The number of rotatable bonds is 1. The number of nitrogens with zero attached hydrogens (tertiary/aromatic N) is 1. The Hall–Kier alpha value is -2.46. The molecule has 0 aliphatic rings. The number of aromatic nitrogens is 1. The Morgan fingerprint density at radius 1 is 1.00 bits per heavy atom. The number of thiophene rings is 1. The van der Waals surface area contributed by atoms with Crippen LogP contribution in [0.1, 0.15) is 0 Å². The molecule has 2 aromatic heterocycles. The molecule has 0 bridgehead atoms. The van der Waals surface area contributed by atoms with E-state index in [9.17, 15) is 5.11 Å². The number of anilines is 1. The second kappa shape index (κ2) is 4.02. The van der Waals surface area contributed by atoms with Crippen molar-refractivity contribution in [2.45, 2.75) is 0 Å². The SMILES string of the molecule is Nc1ccc2cn(-c3ccc4ccsc4c3)c(O)c2c1. The average molecular weight is 280 g/mol. The topological polar surface area (TPSA) is 51.2 Å². The van der Waals surface area contributed by atoms with E-state index in [0.29, 0.717) is 5.69 Å². The first-order chi connectivity index (χ1) is 9.72. The van der Waals surface area contributed by atoms with Crippen LogP contribution in [0.2, 0.25) is 0 Å². The minimum absolute atomic E-state index is 0.225. The van der Waals surface area contributed by atoms with Crippen LogP contribution in [-0.4, -0.2) is 9.67 Å². The Bertz CT molecular complexity index is 936. The Labute approximate surface area is 119 Å². The highest BCUT2D eigenvalue weighted by Crippen LogP contribution is 2.33. The minimum Gasteiger partial charge on any atom is -0.494 e. The molecule has 4 aromatic rings. The van der Waals surface area contributed by atoms with E-state index in [1.807, 2.05) is 24.4 Å². The van der Waals surface area contributed by atoms with Crippen LogP contribution in [0, 0.1) is 0 Å². The van der Waals surface area contributed by atoms with Gasteiger partial charge in [-0.15, -0.1) is 11.3 Å². The lowest BCUT2D eigenvalue weighted by Crippen LogP contribution is -1.89. The molecular weight excluding hydrogens is 268 g/mol. The van der Waals surface area contributed by atoms with Gasteiger partial charge in [0.1, 0.15) is 0 Å². The third kappa shape index (κ3) is 1.58. The quantitative estimate of drug-likeness (QED) is 0.515. The van der Waals surface area contributed by atoms with Gasteiger partial charge in [0.2, 0.25) is 5.88 Å². The van der Waals surface area contributed by atoms with E-state index in [2.05, 4.69) is 23.6 Å². The standard InChI is InChI=1S/C16H12N2OS/c17-12-3-1-11-9-18(16(19)14(11)7-12)13-4-2-10-5-6-20-15(10)8-13/h1-9,19H,17H2. The molecule has 0 saturated carbocycles. The average Bonchev–Trinajstić information content (AvgIpc) is 3.03. The van der Waals surface area contributed by atoms with E-state index < -0.39 is 0 Å². The Balaban J connectivity index is 1.98. The van der Waals surface area contributed by atoms with Gasteiger partial charge in [-0.3, -0.25) is 4.57 Å². The molecule has 0 atom stereocenters. The predicted octanol–water partition coefficient (Wildman–Crippen LogP) is 4.13. The third-order valence-corrected chi connectivity index (χ3v) is 4.41. The summed E-state index contributed by atoms with van der Waals surface area (Å²) < 4.78 is 3.00. The third-order valence-electron chi connectivity index (χ3n) is 3.53. The summed E-state index contributed by atoms with van der Waals surface area (Å²) in [6, 6.07) is 13.8. The molecule has 0 amide bonds. The van der Waals surface area contributed by atoms with Crippen LogP contribution in [0.5, 0.6) is 5.88 Å². The van der Waals surface area contributed by atoms with Gasteiger partial charge in [-0.25, -0.2) is 0 Å². The molecule has 0 aliphatic carbocycles. The van der Waals surface area contributed by atoms with Crippen molar-refractivity contribution in [2.24, 2.45) is 0 Å². The number of fused-ring (bicyclic) bond motifs is 2. The second-order valence-corrected chi connectivity index (χ2v) is 5.76. The van der Waals surface area contributed by atoms with Crippen LogP contribution >= 0.6 is 11.3 Å². The fraction of sp³-hybridized carbons (Fsp3) is 0. The van der Waals surface area contributed by atoms with Crippen LogP contribution < -0.4 is 5.73 Å². The maximum absolute atomic E-state index is 10.4. The summed E-state index contributed by atoms with van der Waals surface area (Å²) in [5.41, 5.74) is 7.39. The molecule has 4 rings (SSSR count). The van der Waals surface area contributed by atoms with Crippen molar-refractivity contribution < 1.29 is 5.11 Å². The van der Waals surface area contributed by atoms with Gasteiger partial charge in [-0.1, -0.05) is 12.1 Å². The van der Waals surface area contributed by atoms with Gasteiger partial charge in [0, 0.05) is 33.0 Å². The lowest BCUT2D eigenvalue weighted by Gasteiger charge is -2.04. The van der Waals surface area contributed by atoms with Crippen molar-refractivity contribution in [2.75, 3.05) is 5.73 Å². The van der Waals surface area contributed by atoms with Crippen molar-refractivity contribution in [1.82, 2.24) is 4.57 Å². The number of aromatic hydroxyl groups is 1. The minimum atomic E-state index is 0.225. The first-order valence-corrected chi connectivity index (χ1v) is 7.17. The largest absolute Gasteiger partial charge is 0.494 e. The normalized spacial score (nSPS) is 11.4. The Kier molecular flexibility index (Phi) is 2.28. The van der Waals surface area contributed by atoms with Crippen molar-refractivity contribution in [3.8, 4) is 11.6 Å². The molecule has 0 unspecified atom stereocenters. The molecule has 0 saturated heterocycles. The lowest BCUT2D eigenvalue weighted by atomic mass is 10.2. The van der Waals surface area contributed by atoms with Gasteiger partial charge < -0.3 is 10.8 Å². The number of nitrogens with two attached hydrogens (primary N) is 1. The Morgan fingerprint density at radius 2 is 1.85 bits per heavy atom. The molecule has 0 spiro atoms. The maximum Gasteiger partial charge on any atom is 0.203 e. The van der Waals surface area contributed by atoms with E-state index in [1.54, 1.807) is 22.0 Å². The molecule has 0 radical (unpaired) electrons. The molecule has 98 valence electrons.